The maximum Gasteiger partial charge on any atom is 0.411 e. The predicted octanol–water partition coefficient (Wildman–Crippen LogP) is 6.92. The molecule has 3 aromatic rings. The number of hydrogen-bond donors (Lipinski definition) is 3. The van der Waals surface area contributed by atoms with E-state index in [9.17, 15) is 41.1 Å². The number of benzene rings is 1. The third kappa shape index (κ3) is 10.2. The maximum absolute atomic E-state index is 15.2. The minimum absolute atomic E-state index is 0.0329. The first-order valence-corrected chi connectivity index (χ1v) is 24.0. The van der Waals surface area contributed by atoms with Gasteiger partial charge in [0.05, 0.1) is 35.0 Å². The van der Waals surface area contributed by atoms with Crippen LogP contribution in [0.3, 0.4) is 0 Å². The van der Waals surface area contributed by atoms with Crippen LogP contribution in [-0.2, 0) is 24.4 Å². The number of carbonyl (C=O) groups excluding carboxylic acids is 3. The lowest BCUT2D eigenvalue weighted by atomic mass is 9.85. The summed E-state index contributed by atoms with van der Waals surface area (Å²) >= 11 is 0. The SMILES string of the molecule is CC(C)Oc1ccc(-c2cc(O[C@@H]3C[C@H]4C(=O)N[C@]5(C(=O)NS(=O)(=O)C6(C)CC6)C[C@H]5C=CCC[C@@H](C)C[C@@H](C)[C@H](N(C(=O)O)C(C)(C)C(F)(F)F)C(=O)N4C3)cc(-c3cnccn3)n2)cc1. The van der Waals surface area contributed by atoms with Crippen LogP contribution < -0.4 is 19.5 Å². The molecular weight excluding hydrogens is 896 g/mol. The van der Waals surface area contributed by atoms with E-state index in [4.69, 9.17) is 14.5 Å². The summed E-state index contributed by atoms with van der Waals surface area (Å²) in [6.07, 6.45) is 1.39. The summed E-state index contributed by atoms with van der Waals surface area (Å²) in [5.74, 6) is -3.88. The zero-order valence-corrected chi connectivity index (χ0v) is 39.4. The van der Waals surface area contributed by atoms with Crippen molar-refractivity contribution >= 4 is 33.8 Å². The van der Waals surface area contributed by atoms with E-state index in [0.717, 1.165) is 4.90 Å². The number of sulfonamides is 1. The van der Waals surface area contributed by atoms with E-state index < -0.39 is 85.9 Å². The van der Waals surface area contributed by atoms with Gasteiger partial charge in [0.2, 0.25) is 21.8 Å². The molecule has 0 spiro atoms. The Labute approximate surface area is 388 Å². The summed E-state index contributed by atoms with van der Waals surface area (Å²) in [6.45, 7) is 9.69. The van der Waals surface area contributed by atoms with Crippen LogP contribution in [0.2, 0.25) is 0 Å². The number of aromatic nitrogens is 3. The molecule has 4 aliphatic rings. The van der Waals surface area contributed by atoms with Crippen molar-refractivity contribution in [3.8, 4) is 34.1 Å². The second-order valence-electron chi connectivity index (χ2n) is 19.5. The number of nitrogens with zero attached hydrogens (tertiary/aromatic N) is 5. The third-order valence-electron chi connectivity index (χ3n) is 13.4. The Kier molecular flexibility index (Phi) is 13.5. The van der Waals surface area contributed by atoms with Gasteiger partial charge in [0.25, 0.3) is 5.91 Å². The zero-order valence-electron chi connectivity index (χ0n) is 38.5. The Morgan fingerprint density at radius 3 is 2.31 bits per heavy atom. The Morgan fingerprint density at radius 1 is 1.01 bits per heavy atom. The molecule has 0 radical (unpaired) electrons. The van der Waals surface area contributed by atoms with Gasteiger partial charge in [-0.25, -0.2) is 18.2 Å². The Bertz CT molecular complexity index is 2500. The monoisotopic (exact) mass is 953 g/mol. The van der Waals surface area contributed by atoms with E-state index in [2.05, 4.69) is 20.0 Å². The van der Waals surface area contributed by atoms with Gasteiger partial charge >= 0.3 is 12.3 Å². The number of nitrogens with one attached hydrogen (secondary N) is 2. The number of carbonyl (C=O) groups is 4. The number of halogens is 3. The molecule has 0 bridgehead atoms. The number of amides is 4. The molecule has 2 saturated carbocycles. The van der Waals surface area contributed by atoms with Gasteiger partial charge < -0.3 is 24.8 Å². The lowest BCUT2D eigenvalue weighted by molar-refractivity contribution is -0.222. The van der Waals surface area contributed by atoms with Gasteiger partial charge in [0.15, 0.2) is 0 Å². The van der Waals surface area contributed by atoms with Gasteiger partial charge in [-0.3, -0.25) is 34.0 Å². The first-order valence-electron chi connectivity index (χ1n) is 22.5. The smallest absolute Gasteiger partial charge is 0.411 e. The second kappa shape index (κ2) is 18.4. The Morgan fingerprint density at radius 2 is 1.70 bits per heavy atom. The fraction of sp³-hybridized carbons (Fsp3) is 0.553. The van der Waals surface area contributed by atoms with Crippen LogP contribution in [0.25, 0.3) is 22.6 Å². The average Bonchev–Trinajstić information content (AvgIpc) is 4.13. The molecule has 3 fully saturated rings. The number of allylic oxidation sites excluding steroid dienone is 1. The number of pyridine rings is 1. The lowest BCUT2D eigenvalue weighted by Gasteiger charge is -2.45. The minimum atomic E-state index is -5.12. The number of fused-ring (bicyclic) bond motifs is 2. The van der Waals surface area contributed by atoms with Crippen LogP contribution in [0.1, 0.15) is 93.4 Å². The molecule has 2 aliphatic heterocycles. The van der Waals surface area contributed by atoms with Crippen molar-refractivity contribution < 1.29 is 55.3 Å². The number of alkyl halides is 3. The van der Waals surface area contributed by atoms with E-state index in [1.807, 2.05) is 20.8 Å². The largest absolute Gasteiger partial charge is 0.491 e. The molecule has 7 atom stereocenters. The normalized spacial score (nSPS) is 26.6. The second-order valence-corrected chi connectivity index (χ2v) is 21.7. The molecule has 0 unspecified atom stereocenters. The van der Waals surface area contributed by atoms with Gasteiger partial charge in [0, 0.05) is 42.4 Å². The van der Waals surface area contributed by atoms with E-state index in [-0.39, 0.29) is 48.5 Å². The van der Waals surface area contributed by atoms with Crippen LogP contribution in [0.15, 0.2) is 67.1 Å². The third-order valence-corrected chi connectivity index (χ3v) is 15.6. The Hall–Kier alpha value is -5.79. The number of carboxylic acid groups (broad SMARTS) is 1. The number of hydrogen-bond acceptors (Lipinski definition) is 11. The summed E-state index contributed by atoms with van der Waals surface area (Å²) in [6, 6.07) is 6.97. The van der Waals surface area contributed by atoms with E-state index in [0.29, 0.717) is 67.9 Å². The van der Waals surface area contributed by atoms with Crippen LogP contribution in [-0.4, -0.2) is 115 Å². The van der Waals surface area contributed by atoms with Crippen molar-refractivity contribution in [3.63, 3.8) is 0 Å². The molecule has 16 nitrogen and oxygen atoms in total. The molecule has 20 heteroatoms. The first-order chi connectivity index (χ1) is 31.4. The molecule has 4 amide bonds. The van der Waals surface area contributed by atoms with Crippen molar-refractivity contribution in [3.05, 3.63) is 67.1 Å². The van der Waals surface area contributed by atoms with Crippen molar-refractivity contribution in [2.24, 2.45) is 17.8 Å². The van der Waals surface area contributed by atoms with Crippen molar-refractivity contribution in [1.82, 2.24) is 34.8 Å². The van der Waals surface area contributed by atoms with Gasteiger partial charge in [-0.05, 0) is 109 Å². The molecule has 362 valence electrons. The summed E-state index contributed by atoms with van der Waals surface area (Å²) < 4.78 is 84.7. The molecule has 2 aliphatic carbocycles. The molecule has 7 rings (SSSR count). The standard InChI is InChI=1S/C47H58F3N7O9S/c1-27(2)65-32-14-12-30(13-15-32)35-21-33(22-36(53-35)37-25-51-18-19-52-37)66-34-23-38-40(58)54-46(42(60)55-67(63,64)45(7)16-17-45)24-31(46)11-9-8-10-28(3)20-29(4)39(41(59)56(38)26-34)57(43(61)62)44(5,6)47(48,49)50/h9,11-15,18-19,21-22,25,27-29,31,34,38-39H,8,10,16-17,20,23-24,26H2,1-7H3,(H,54,58)(H,55,60)(H,61,62)/t28-,29-,31-,34-,38+,39+,46-/m1/s1. The van der Waals surface area contributed by atoms with Crippen LogP contribution in [0, 0.1) is 17.8 Å². The molecule has 4 heterocycles. The summed E-state index contributed by atoms with van der Waals surface area (Å²) in [5.41, 5.74) is -2.95. The lowest BCUT2D eigenvalue weighted by Crippen LogP contribution is -2.66. The van der Waals surface area contributed by atoms with Gasteiger partial charge in [-0.15, -0.1) is 0 Å². The topological polar surface area (TPSA) is 210 Å². The number of rotatable bonds is 11. The quantitative estimate of drug-likeness (QED) is 0.167. The van der Waals surface area contributed by atoms with Crippen molar-refractivity contribution in [2.75, 3.05) is 6.54 Å². The first kappa shape index (κ1) is 49.1. The number of ether oxygens (including phenoxy) is 2. The molecule has 67 heavy (non-hydrogen) atoms. The molecular formula is C47H58F3N7O9S. The summed E-state index contributed by atoms with van der Waals surface area (Å²) in [4.78, 5) is 71.8. The average molecular weight is 954 g/mol. The summed E-state index contributed by atoms with van der Waals surface area (Å²) in [5, 5.41) is 13.3. The summed E-state index contributed by atoms with van der Waals surface area (Å²) in [7, 11) is -4.15. The van der Waals surface area contributed by atoms with Gasteiger partial charge in [-0.2, -0.15) is 13.2 Å². The minimum Gasteiger partial charge on any atom is -0.491 e. The molecule has 2 aromatic heterocycles. The highest BCUT2D eigenvalue weighted by Crippen LogP contribution is 2.48. The van der Waals surface area contributed by atoms with Crippen molar-refractivity contribution in [2.45, 2.75) is 140 Å². The Balaban J connectivity index is 1.30. The van der Waals surface area contributed by atoms with Crippen LogP contribution in [0.5, 0.6) is 11.5 Å². The predicted molar refractivity (Wildman–Crippen MR) is 240 cm³/mol. The highest BCUT2D eigenvalue weighted by molar-refractivity contribution is 7.91. The molecule has 3 N–H and O–H groups in total. The fourth-order valence-corrected chi connectivity index (χ4v) is 10.3. The van der Waals surface area contributed by atoms with Crippen LogP contribution >= 0.6 is 0 Å². The van der Waals surface area contributed by atoms with Gasteiger partial charge in [0.1, 0.15) is 46.5 Å². The zero-order chi connectivity index (χ0) is 48.9. The van der Waals surface area contributed by atoms with Crippen molar-refractivity contribution in [1.29, 1.82) is 0 Å². The highest BCUT2D eigenvalue weighted by atomic mass is 32.2. The molecule has 1 aromatic carbocycles. The van der Waals surface area contributed by atoms with Crippen LogP contribution in [0.4, 0.5) is 18.0 Å². The molecule has 1 saturated heterocycles. The van der Waals surface area contributed by atoms with Gasteiger partial charge in [-0.1, -0.05) is 26.0 Å². The maximum atomic E-state index is 15.2. The highest BCUT2D eigenvalue weighted by Gasteiger charge is 2.64. The van der Waals surface area contributed by atoms with E-state index >= 15 is 4.79 Å². The van der Waals surface area contributed by atoms with E-state index in [1.54, 1.807) is 48.6 Å². The van der Waals surface area contributed by atoms with E-state index in [1.165, 1.54) is 32.4 Å². The fourth-order valence-electron chi connectivity index (χ4n) is 9.04.